The van der Waals surface area contributed by atoms with Crippen molar-refractivity contribution in [3.63, 3.8) is 0 Å². The third kappa shape index (κ3) is 2.68. The molecule has 0 radical (unpaired) electrons. The first-order valence-electron chi connectivity index (χ1n) is 4.83. The number of hydrogen-bond acceptors (Lipinski definition) is 2. The number of halogens is 3. The van der Waals surface area contributed by atoms with Gasteiger partial charge in [0.05, 0.1) is 10.0 Å². The Kier molecular flexibility index (Phi) is 3.29. The molecule has 2 unspecified atom stereocenters. The van der Waals surface area contributed by atoms with Gasteiger partial charge in [-0.2, -0.15) is 0 Å². The zero-order valence-corrected chi connectivity index (χ0v) is 10.5. The first-order valence-corrected chi connectivity index (χ1v) is 5.96. The van der Waals surface area contributed by atoms with Crippen LogP contribution in [0.4, 0.5) is 5.82 Å². The van der Waals surface area contributed by atoms with Crippen LogP contribution in [0.3, 0.4) is 0 Å². The Morgan fingerprint density at radius 1 is 1.40 bits per heavy atom. The first kappa shape index (κ1) is 11.3. The van der Waals surface area contributed by atoms with E-state index in [0.717, 1.165) is 18.4 Å². The fourth-order valence-electron chi connectivity index (χ4n) is 1.48. The summed E-state index contributed by atoms with van der Waals surface area (Å²) in [5.74, 6) is 2.15. The van der Waals surface area contributed by atoms with Gasteiger partial charge in [0.15, 0.2) is 0 Å². The lowest BCUT2D eigenvalue weighted by Crippen LogP contribution is -2.06. The summed E-state index contributed by atoms with van der Waals surface area (Å²) in [6.45, 7) is 3.13. The molecule has 0 saturated heterocycles. The van der Waals surface area contributed by atoms with E-state index in [9.17, 15) is 0 Å². The fourth-order valence-corrected chi connectivity index (χ4v) is 2.04. The van der Waals surface area contributed by atoms with Crippen molar-refractivity contribution >= 4 is 40.6 Å². The van der Waals surface area contributed by atoms with E-state index < -0.39 is 0 Å². The summed E-state index contributed by atoms with van der Waals surface area (Å²) in [7, 11) is 0. The number of nitrogens with one attached hydrogen (secondary N) is 1. The Morgan fingerprint density at radius 3 is 2.67 bits per heavy atom. The van der Waals surface area contributed by atoms with E-state index in [0.29, 0.717) is 15.9 Å². The fraction of sp³-hybridized carbons (Fsp3) is 0.500. The summed E-state index contributed by atoms with van der Waals surface area (Å²) >= 11 is 17.6. The summed E-state index contributed by atoms with van der Waals surface area (Å²) in [6, 6.07) is 1.61. The molecular weight excluding hydrogens is 254 g/mol. The molecule has 1 aliphatic rings. The van der Waals surface area contributed by atoms with E-state index in [-0.39, 0.29) is 5.15 Å². The van der Waals surface area contributed by atoms with Gasteiger partial charge in [-0.25, -0.2) is 4.98 Å². The van der Waals surface area contributed by atoms with Gasteiger partial charge in [-0.05, 0) is 24.3 Å². The Labute approximate surface area is 104 Å². The number of rotatable bonds is 3. The van der Waals surface area contributed by atoms with Crippen molar-refractivity contribution in [2.24, 2.45) is 11.8 Å². The van der Waals surface area contributed by atoms with Gasteiger partial charge >= 0.3 is 0 Å². The van der Waals surface area contributed by atoms with Crippen molar-refractivity contribution in [1.29, 1.82) is 0 Å². The smallest absolute Gasteiger partial charge is 0.150 e. The third-order valence-corrected chi connectivity index (χ3v) is 3.66. The van der Waals surface area contributed by atoms with Crippen molar-refractivity contribution < 1.29 is 0 Å². The zero-order chi connectivity index (χ0) is 11.0. The first-order chi connectivity index (χ1) is 7.08. The van der Waals surface area contributed by atoms with Crippen LogP contribution in [0.15, 0.2) is 6.07 Å². The second kappa shape index (κ2) is 4.36. The van der Waals surface area contributed by atoms with E-state index in [1.54, 1.807) is 6.07 Å². The lowest BCUT2D eigenvalue weighted by molar-refractivity contribution is 0.784. The molecule has 1 aromatic heterocycles. The van der Waals surface area contributed by atoms with E-state index >= 15 is 0 Å². The van der Waals surface area contributed by atoms with Crippen molar-refractivity contribution in [3.8, 4) is 0 Å². The lowest BCUT2D eigenvalue weighted by atomic mass is 10.3. The second-order valence-electron chi connectivity index (χ2n) is 3.95. The van der Waals surface area contributed by atoms with Gasteiger partial charge in [-0.3, -0.25) is 0 Å². The summed E-state index contributed by atoms with van der Waals surface area (Å²) in [4.78, 5) is 4.09. The van der Waals surface area contributed by atoms with E-state index in [1.807, 2.05) is 0 Å². The van der Waals surface area contributed by atoms with Crippen LogP contribution in [0.2, 0.25) is 15.2 Å². The molecular formula is C10H11Cl3N2. The lowest BCUT2D eigenvalue weighted by Gasteiger charge is -2.07. The minimum Gasteiger partial charge on any atom is -0.368 e. The SMILES string of the molecule is CC1CC1CNc1nc(Cl)c(Cl)cc1Cl. The monoisotopic (exact) mass is 264 g/mol. The van der Waals surface area contributed by atoms with Gasteiger partial charge in [0.1, 0.15) is 11.0 Å². The molecule has 2 atom stereocenters. The molecule has 1 N–H and O–H groups in total. The molecule has 0 aromatic carbocycles. The molecule has 15 heavy (non-hydrogen) atoms. The highest BCUT2D eigenvalue weighted by Crippen LogP contribution is 2.38. The predicted octanol–water partition coefficient (Wildman–Crippen LogP) is 4.11. The van der Waals surface area contributed by atoms with Crippen molar-refractivity contribution in [2.75, 3.05) is 11.9 Å². The Bertz CT molecular complexity index is 381. The Balaban J connectivity index is 2.04. The Morgan fingerprint density at radius 2 is 2.07 bits per heavy atom. The van der Waals surface area contributed by atoms with Gasteiger partial charge < -0.3 is 5.32 Å². The van der Waals surface area contributed by atoms with Gasteiger partial charge in [0.25, 0.3) is 0 Å². The normalized spacial score (nSPS) is 24.0. The quantitative estimate of drug-likeness (QED) is 0.832. The minimum absolute atomic E-state index is 0.285. The summed E-state index contributed by atoms with van der Waals surface area (Å²) in [5.41, 5.74) is 0. The van der Waals surface area contributed by atoms with E-state index in [2.05, 4.69) is 17.2 Å². The van der Waals surface area contributed by atoms with Crippen molar-refractivity contribution in [1.82, 2.24) is 4.98 Å². The molecule has 1 fully saturated rings. The van der Waals surface area contributed by atoms with Gasteiger partial charge in [0, 0.05) is 6.54 Å². The molecule has 82 valence electrons. The second-order valence-corrected chi connectivity index (χ2v) is 5.12. The van der Waals surface area contributed by atoms with Crippen LogP contribution in [0, 0.1) is 11.8 Å². The van der Waals surface area contributed by atoms with Crippen LogP contribution in [0.1, 0.15) is 13.3 Å². The van der Waals surface area contributed by atoms with E-state index in [1.165, 1.54) is 6.42 Å². The Hall–Kier alpha value is -0.180. The highest BCUT2D eigenvalue weighted by Gasteiger charge is 2.32. The van der Waals surface area contributed by atoms with Crippen LogP contribution in [0.5, 0.6) is 0 Å². The molecule has 1 heterocycles. The maximum Gasteiger partial charge on any atom is 0.150 e. The molecule has 0 bridgehead atoms. The highest BCUT2D eigenvalue weighted by molar-refractivity contribution is 6.42. The maximum atomic E-state index is 5.97. The van der Waals surface area contributed by atoms with Crippen LogP contribution < -0.4 is 5.32 Å². The molecule has 1 saturated carbocycles. The molecule has 0 spiro atoms. The molecule has 0 aliphatic heterocycles. The van der Waals surface area contributed by atoms with Crippen LogP contribution >= 0.6 is 34.8 Å². The molecule has 5 heteroatoms. The average molecular weight is 266 g/mol. The summed E-state index contributed by atoms with van der Waals surface area (Å²) in [6.07, 6.45) is 1.27. The molecule has 2 rings (SSSR count). The number of pyridine rings is 1. The number of anilines is 1. The van der Waals surface area contributed by atoms with Crippen LogP contribution in [-0.2, 0) is 0 Å². The largest absolute Gasteiger partial charge is 0.368 e. The van der Waals surface area contributed by atoms with E-state index in [4.69, 9.17) is 34.8 Å². The van der Waals surface area contributed by atoms with Crippen molar-refractivity contribution in [3.05, 3.63) is 21.3 Å². The summed E-state index contributed by atoms with van der Waals surface area (Å²) in [5, 5.41) is 4.37. The molecule has 0 amide bonds. The van der Waals surface area contributed by atoms with Crippen LogP contribution in [0.25, 0.3) is 0 Å². The number of nitrogens with zero attached hydrogens (tertiary/aromatic N) is 1. The average Bonchev–Trinajstić information content (AvgIpc) is 2.86. The van der Waals surface area contributed by atoms with Crippen LogP contribution in [-0.4, -0.2) is 11.5 Å². The van der Waals surface area contributed by atoms with Gasteiger partial charge in [-0.1, -0.05) is 41.7 Å². The highest BCUT2D eigenvalue weighted by atomic mass is 35.5. The minimum atomic E-state index is 0.285. The standard InChI is InChI=1S/C10H11Cl3N2/c1-5-2-6(5)4-14-10-8(12)3-7(11)9(13)15-10/h3,5-6H,2,4H2,1H3,(H,14,15). The number of hydrogen-bond donors (Lipinski definition) is 1. The predicted molar refractivity (Wildman–Crippen MR) is 65.0 cm³/mol. The zero-order valence-electron chi connectivity index (χ0n) is 8.23. The summed E-state index contributed by atoms with van der Waals surface area (Å²) < 4.78 is 0. The van der Waals surface area contributed by atoms with Gasteiger partial charge in [-0.15, -0.1) is 0 Å². The van der Waals surface area contributed by atoms with Gasteiger partial charge in [0.2, 0.25) is 0 Å². The molecule has 1 aliphatic carbocycles. The number of aromatic nitrogens is 1. The van der Waals surface area contributed by atoms with Crippen molar-refractivity contribution in [2.45, 2.75) is 13.3 Å². The maximum absolute atomic E-state index is 5.97. The topological polar surface area (TPSA) is 24.9 Å². The molecule has 2 nitrogen and oxygen atoms in total. The molecule has 1 aromatic rings. The third-order valence-electron chi connectivity index (χ3n) is 2.69.